The molecule has 0 amide bonds. The Balaban J connectivity index is 1.96. The highest BCUT2D eigenvalue weighted by atomic mass is 16.5. The van der Waals surface area contributed by atoms with Crippen LogP contribution in [0.2, 0.25) is 0 Å². The number of methoxy groups -OCH3 is 2. The van der Waals surface area contributed by atoms with Gasteiger partial charge in [-0.15, -0.1) is 0 Å². The van der Waals surface area contributed by atoms with Gasteiger partial charge in [-0.2, -0.15) is 0 Å². The molecule has 1 N–H and O–H groups in total. The lowest BCUT2D eigenvalue weighted by Crippen LogP contribution is -2.62. The van der Waals surface area contributed by atoms with E-state index in [0.717, 1.165) is 29.7 Å². The van der Waals surface area contributed by atoms with Gasteiger partial charge in [-0.25, -0.2) is 4.79 Å². The molecule has 33 heavy (non-hydrogen) atoms. The monoisotopic (exact) mass is 447 g/mol. The third-order valence-corrected chi connectivity index (χ3v) is 6.36. The summed E-state index contributed by atoms with van der Waals surface area (Å²) in [5.74, 6) is 0.376. The molecule has 1 aliphatic rings. The SMILES string of the molecule is CCN1CCc2ccccc2C1(c1ccccc1)C(Oc1cc(OC)cc(OC)c1)C(=O)O. The van der Waals surface area contributed by atoms with Crippen molar-refractivity contribution in [3.63, 3.8) is 0 Å². The molecule has 172 valence electrons. The van der Waals surface area contributed by atoms with E-state index in [0.29, 0.717) is 23.8 Å². The molecule has 0 radical (unpaired) electrons. The standard InChI is InChI=1S/C27H29NO5/c1-4-28-15-14-19-10-8-9-13-24(19)27(28,20-11-6-5-7-12-20)25(26(29)30)33-23-17-21(31-2)16-22(18-23)32-3/h5-13,16-18,25H,4,14-15H2,1-3H3,(H,29,30). The Labute approximate surface area is 194 Å². The van der Waals surface area contributed by atoms with Gasteiger partial charge in [0.25, 0.3) is 0 Å². The molecule has 1 aliphatic heterocycles. The van der Waals surface area contributed by atoms with Crippen LogP contribution in [0.1, 0.15) is 23.6 Å². The fraction of sp³-hybridized carbons (Fsp3) is 0.296. The van der Waals surface area contributed by atoms with Crippen LogP contribution in [0, 0.1) is 0 Å². The van der Waals surface area contributed by atoms with Crippen molar-refractivity contribution in [3.05, 3.63) is 89.5 Å². The zero-order valence-electron chi connectivity index (χ0n) is 19.2. The lowest BCUT2D eigenvalue weighted by molar-refractivity contribution is -0.153. The molecule has 0 aromatic heterocycles. The second-order valence-corrected chi connectivity index (χ2v) is 8.00. The average molecular weight is 448 g/mol. The molecule has 2 unspecified atom stereocenters. The van der Waals surface area contributed by atoms with E-state index in [2.05, 4.69) is 17.9 Å². The minimum Gasteiger partial charge on any atom is -0.496 e. The van der Waals surface area contributed by atoms with Gasteiger partial charge < -0.3 is 19.3 Å². The molecule has 0 saturated heterocycles. The minimum absolute atomic E-state index is 0.369. The van der Waals surface area contributed by atoms with Crippen molar-refractivity contribution in [2.45, 2.75) is 25.0 Å². The highest BCUT2D eigenvalue weighted by Gasteiger charge is 2.54. The van der Waals surface area contributed by atoms with Crippen molar-refractivity contribution >= 4 is 5.97 Å². The first-order valence-electron chi connectivity index (χ1n) is 11.1. The van der Waals surface area contributed by atoms with Crippen LogP contribution >= 0.6 is 0 Å². The molecule has 0 saturated carbocycles. The summed E-state index contributed by atoms with van der Waals surface area (Å²) in [5, 5.41) is 10.6. The molecular weight excluding hydrogens is 418 g/mol. The summed E-state index contributed by atoms with van der Waals surface area (Å²) in [5.41, 5.74) is 1.93. The lowest BCUT2D eigenvalue weighted by Gasteiger charge is -2.50. The number of fused-ring (bicyclic) bond motifs is 1. The molecule has 0 bridgehead atoms. The normalized spacial score (nSPS) is 18.8. The summed E-state index contributed by atoms with van der Waals surface area (Å²) in [4.78, 5) is 15.2. The zero-order chi connectivity index (χ0) is 23.4. The molecular formula is C27H29NO5. The third kappa shape index (κ3) is 4.02. The Hall–Kier alpha value is -3.51. The van der Waals surface area contributed by atoms with Crippen LogP contribution in [0.4, 0.5) is 0 Å². The molecule has 1 heterocycles. The fourth-order valence-corrected chi connectivity index (χ4v) is 4.91. The van der Waals surface area contributed by atoms with Crippen LogP contribution in [0.5, 0.6) is 17.2 Å². The number of rotatable bonds is 8. The summed E-state index contributed by atoms with van der Waals surface area (Å²) >= 11 is 0. The second-order valence-electron chi connectivity index (χ2n) is 8.00. The number of nitrogens with zero attached hydrogens (tertiary/aromatic N) is 1. The number of carboxylic acids is 1. The van der Waals surface area contributed by atoms with Crippen molar-refractivity contribution in [2.24, 2.45) is 0 Å². The van der Waals surface area contributed by atoms with E-state index < -0.39 is 17.6 Å². The number of ether oxygens (including phenoxy) is 3. The van der Waals surface area contributed by atoms with Gasteiger partial charge in [-0.1, -0.05) is 61.5 Å². The van der Waals surface area contributed by atoms with Gasteiger partial charge in [0.15, 0.2) is 0 Å². The van der Waals surface area contributed by atoms with Gasteiger partial charge in [0.1, 0.15) is 22.8 Å². The van der Waals surface area contributed by atoms with Gasteiger partial charge in [0.05, 0.1) is 14.2 Å². The predicted octanol–water partition coefficient (Wildman–Crippen LogP) is 4.36. The Kier molecular flexibility index (Phi) is 6.56. The summed E-state index contributed by atoms with van der Waals surface area (Å²) in [6.07, 6.45) is -0.379. The van der Waals surface area contributed by atoms with Crippen molar-refractivity contribution in [1.29, 1.82) is 0 Å². The smallest absolute Gasteiger partial charge is 0.347 e. The third-order valence-electron chi connectivity index (χ3n) is 6.36. The van der Waals surface area contributed by atoms with Gasteiger partial charge in [-0.05, 0) is 29.7 Å². The largest absolute Gasteiger partial charge is 0.496 e. The summed E-state index contributed by atoms with van der Waals surface area (Å²) in [6.45, 7) is 3.44. The van der Waals surface area contributed by atoms with Gasteiger partial charge in [0, 0.05) is 24.7 Å². The van der Waals surface area contributed by atoms with E-state index in [1.165, 1.54) is 0 Å². The lowest BCUT2D eigenvalue weighted by atomic mass is 9.71. The predicted molar refractivity (Wildman–Crippen MR) is 126 cm³/mol. The van der Waals surface area contributed by atoms with Crippen molar-refractivity contribution in [3.8, 4) is 17.2 Å². The number of benzene rings is 3. The quantitative estimate of drug-likeness (QED) is 0.554. The zero-order valence-corrected chi connectivity index (χ0v) is 19.2. The Morgan fingerprint density at radius 3 is 2.18 bits per heavy atom. The van der Waals surface area contributed by atoms with Crippen molar-refractivity contribution < 1.29 is 24.1 Å². The van der Waals surface area contributed by atoms with Crippen LogP contribution < -0.4 is 14.2 Å². The van der Waals surface area contributed by atoms with E-state index in [9.17, 15) is 9.90 Å². The Morgan fingerprint density at radius 2 is 1.58 bits per heavy atom. The number of aliphatic carboxylic acids is 1. The van der Waals surface area contributed by atoms with E-state index in [1.807, 2.05) is 48.5 Å². The molecule has 6 nitrogen and oxygen atoms in total. The highest BCUT2D eigenvalue weighted by molar-refractivity contribution is 5.77. The maximum atomic E-state index is 12.9. The van der Waals surface area contributed by atoms with Crippen LogP contribution in [0.15, 0.2) is 72.8 Å². The molecule has 3 aromatic carbocycles. The first-order valence-corrected chi connectivity index (χ1v) is 11.1. The second kappa shape index (κ2) is 9.55. The fourth-order valence-electron chi connectivity index (χ4n) is 4.91. The van der Waals surface area contributed by atoms with Gasteiger partial charge in [0.2, 0.25) is 6.10 Å². The molecule has 6 heteroatoms. The first-order chi connectivity index (χ1) is 16.0. The number of carbonyl (C=O) groups is 1. The van der Waals surface area contributed by atoms with Crippen LogP contribution in [0.25, 0.3) is 0 Å². The maximum absolute atomic E-state index is 12.9. The van der Waals surface area contributed by atoms with E-state index >= 15 is 0 Å². The van der Waals surface area contributed by atoms with Crippen LogP contribution in [-0.2, 0) is 16.8 Å². The Bertz CT molecular complexity index is 1090. The first kappa shape index (κ1) is 22.7. The van der Waals surface area contributed by atoms with Gasteiger partial charge >= 0.3 is 5.97 Å². The van der Waals surface area contributed by atoms with Gasteiger partial charge in [-0.3, -0.25) is 4.90 Å². The summed E-state index contributed by atoms with van der Waals surface area (Å²) in [6, 6.07) is 22.9. The number of carboxylic acid groups (broad SMARTS) is 1. The molecule has 3 aromatic rings. The molecule has 0 aliphatic carbocycles. The number of likely N-dealkylation sites (N-methyl/N-ethyl adjacent to an activating group) is 1. The molecule has 4 rings (SSSR count). The van der Waals surface area contributed by atoms with Crippen molar-refractivity contribution in [1.82, 2.24) is 4.90 Å². The molecule has 2 atom stereocenters. The van der Waals surface area contributed by atoms with E-state index in [4.69, 9.17) is 14.2 Å². The topological polar surface area (TPSA) is 68.2 Å². The van der Waals surface area contributed by atoms with E-state index in [-0.39, 0.29) is 0 Å². The molecule has 0 spiro atoms. The molecule has 0 fully saturated rings. The number of hydrogen-bond donors (Lipinski definition) is 1. The maximum Gasteiger partial charge on any atom is 0.347 e. The highest BCUT2D eigenvalue weighted by Crippen LogP contribution is 2.45. The summed E-state index contributed by atoms with van der Waals surface area (Å²) < 4.78 is 17.1. The van der Waals surface area contributed by atoms with E-state index in [1.54, 1.807) is 32.4 Å². The van der Waals surface area contributed by atoms with Crippen LogP contribution in [-0.4, -0.2) is 49.4 Å². The summed E-state index contributed by atoms with van der Waals surface area (Å²) in [7, 11) is 3.10. The average Bonchev–Trinajstić information content (AvgIpc) is 2.86. The minimum atomic E-state index is -1.22. The van der Waals surface area contributed by atoms with Crippen LogP contribution in [0.3, 0.4) is 0 Å². The number of hydrogen-bond acceptors (Lipinski definition) is 5. The Morgan fingerprint density at radius 1 is 0.970 bits per heavy atom. The van der Waals surface area contributed by atoms with Crippen molar-refractivity contribution in [2.75, 3.05) is 27.3 Å².